The Bertz CT molecular complexity index is 398. The highest BCUT2D eigenvalue weighted by molar-refractivity contribution is 5.57. The maximum atomic E-state index is 5.59. The molecule has 0 aliphatic carbocycles. The summed E-state index contributed by atoms with van der Waals surface area (Å²) < 4.78 is 5.41. The van der Waals surface area contributed by atoms with Crippen molar-refractivity contribution in [1.29, 1.82) is 0 Å². The van der Waals surface area contributed by atoms with E-state index in [-0.39, 0.29) is 0 Å². The number of rotatable bonds is 4. The van der Waals surface area contributed by atoms with E-state index in [4.69, 9.17) is 10.5 Å². The third-order valence-electron chi connectivity index (χ3n) is 3.66. The first-order valence-corrected chi connectivity index (χ1v) is 6.85. The van der Waals surface area contributed by atoms with Crippen LogP contribution in [0.5, 0.6) is 0 Å². The molecule has 3 nitrogen and oxygen atoms in total. The molecule has 0 radical (unpaired) electrons. The zero-order chi connectivity index (χ0) is 13.0. The first-order chi connectivity index (χ1) is 8.72. The molecule has 1 aromatic carbocycles. The van der Waals surface area contributed by atoms with Gasteiger partial charge in [0.2, 0.25) is 0 Å². The highest BCUT2D eigenvalue weighted by Gasteiger charge is 2.14. The molecule has 1 saturated heterocycles. The van der Waals surface area contributed by atoms with Gasteiger partial charge < -0.3 is 15.4 Å². The molecule has 100 valence electrons. The van der Waals surface area contributed by atoms with E-state index < -0.39 is 0 Å². The lowest BCUT2D eigenvalue weighted by molar-refractivity contribution is 0.122. The van der Waals surface area contributed by atoms with Gasteiger partial charge in [-0.3, -0.25) is 0 Å². The number of aryl methyl sites for hydroxylation is 3. The molecule has 1 fully saturated rings. The molecule has 2 N–H and O–H groups in total. The van der Waals surface area contributed by atoms with Crippen molar-refractivity contribution in [1.82, 2.24) is 0 Å². The van der Waals surface area contributed by atoms with Crippen LogP contribution in [0, 0.1) is 13.8 Å². The van der Waals surface area contributed by atoms with Gasteiger partial charge in [0.05, 0.1) is 13.2 Å². The van der Waals surface area contributed by atoms with Gasteiger partial charge in [-0.05, 0) is 56.0 Å². The van der Waals surface area contributed by atoms with E-state index in [1.54, 1.807) is 0 Å². The number of benzene rings is 1. The second kappa shape index (κ2) is 6.21. The van der Waals surface area contributed by atoms with Crippen LogP contribution in [0.15, 0.2) is 12.1 Å². The van der Waals surface area contributed by atoms with Crippen LogP contribution in [0.4, 0.5) is 5.69 Å². The van der Waals surface area contributed by atoms with Crippen molar-refractivity contribution in [3.05, 3.63) is 28.8 Å². The molecule has 0 atom stereocenters. The molecule has 0 amide bonds. The molecule has 2 rings (SSSR count). The molecule has 0 unspecified atom stereocenters. The van der Waals surface area contributed by atoms with Gasteiger partial charge in [-0.15, -0.1) is 0 Å². The molecule has 1 aromatic rings. The molecule has 0 aromatic heterocycles. The summed E-state index contributed by atoms with van der Waals surface area (Å²) in [6.45, 7) is 8.86. The van der Waals surface area contributed by atoms with E-state index in [1.165, 1.54) is 22.4 Å². The van der Waals surface area contributed by atoms with Crippen LogP contribution in [0.2, 0.25) is 0 Å². The van der Waals surface area contributed by atoms with Crippen molar-refractivity contribution in [2.24, 2.45) is 5.73 Å². The van der Waals surface area contributed by atoms with Crippen LogP contribution in [0.1, 0.15) is 23.1 Å². The third-order valence-corrected chi connectivity index (χ3v) is 3.66. The van der Waals surface area contributed by atoms with Gasteiger partial charge in [0.25, 0.3) is 0 Å². The Hall–Kier alpha value is -1.06. The van der Waals surface area contributed by atoms with E-state index in [0.717, 1.165) is 45.7 Å². The number of hydrogen-bond donors (Lipinski definition) is 1. The topological polar surface area (TPSA) is 38.5 Å². The predicted octanol–water partition coefficient (Wildman–Crippen LogP) is 2.03. The minimum atomic E-state index is 0.768. The number of nitrogens with zero attached hydrogens (tertiary/aromatic N) is 1. The smallest absolute Gasteiger partial charge is 0.0642 e. The van der Waals surface area contributed by atoms with Gasteiger partial charge in [-0.25, -0.2) is 0 Å². The number of hydrogen-bond acceptors (Lipinski definition) is 3. The maximum absolute atomic E-state index is 5.59. The minimum Gasteiger partial charge on any atom is -0.378 e. The summed E-state index contributed by atoms with van der Waals surface area (Å²) in [5, 5.41) is 0. The summed E-state index contributed by atoms with van der Waals surface area (Å²) in [6, 6.07) is 4.66. The lowest BCUT2D eigenvalue weighted by Gasteiger charge is -2.31. The molecule has 1 aliphatic rings. The fourth-order valence-electron chi connectivity index (χ4n) is 2.57. The summed E-state index contributed by atoms with van der Waals surface area (Å²) in [6.07, 6.45) is 2.16. The van der Waals surface area contributed by atoms with Gasteiger partial charge in [-0.1, -0.05) is 6.07 Å². The van der Waals surface area contributed by atoms with Crippen molar-refractivity contribution in [2.45, 2.75) is 26.7 Å². The zero-order valence-corrected chi connectivity index (χ0v) is 11.5. The highest BCUT2D eigenvalue weighted by Crippen LogP contribution is 2.25. The minimum absolute atomic E-state index is 0.768. The Balaban J connectivity index is 2.18. The Morgan fingerprint density at radius 3 is 2.56 bits per heavy atom. The summed E-state index contributed by atoms with van der Waals surface area (Å²) >= 11 is 0. The molecule has 0 saturated carbocycles. The van der Waals surface area contributed by atoms with Crippen LogP contribution in [0.3, 0.4) is 0 Å². The number of anilines is 1. The molecular weight excluding hydrogens is 224 g/mol. The fourth-order valence-corrected chi connectivity index (χ4v) is 2.57. The fraction of sp³-hybridized carbons (Fsp3) is 0.600. The Morgan fingerprint density at radius 2 is 1.89 bits per heavy atom. The van der Waals surface area contributed by atoms with Crippen LogP contribution >= 0.6 is 0 Å². The molecule has 0 spiro atoms. The van der Waals surface area contributed by atoms with Gasteiger partial charge >= 0.3 is 0 Å². The highest BCUT2D eigenvalue weighted by atomic mass is 16.5. The summed E-state index contributed by atoms with van der Waals surface area (Å²) in [5.41, 5.74) is 11.2. The van der Waals surface area contributed by atoms with E-state index in [0.29, 0.717) is 0 Å². The first kappa shape index (κ1) is 13.4. The Kier molecular flexibility index (Phi) is 4.61. The Morgan fingerprint density at radius 1 is 1.17 bits per heavy atom. The predicted molar refractivity (Wildman–Crippen MR) is 76.3 cm³/mol. The average Bonchev–Trinajstić information content (AvgIpc) is 2.40. The van der Waals surface area contributed by atoms with Crippen molar-refractivity contribution in [2.75, 3.05) is 37.7 Å². The largest absolute Gasteiger partial charge is 0.378 e. The van der Waals surface area contributed by atoms with Crippen molar-refractivity contribution in [3.63, 3.8) is 0 Å². The van der Waals surface area contributed by atoms with Gasteiger partial charge in [0, 0.05) is 18.8 Å². The van der Waals surface area contributed by atoms with Crippen LogP contribution < -0.4 is 10.6 Å². The second-order valence-corrected chi connectivity index (χ2v) is 5.06. The molecule has 3 heteroatoms. The first-order valence-electron chi connectivity index (χ1n) is 6.85. The van der Waals surface area contributed by atoms with Crippen LogP contribution in [0.25, 0.3) is 0 Å². The molecule has 1 heterocycles. The summed E-state index contributed by atoms with van der Waals surface area (Å²) in [4.78, 5) is 2.43. The van der Waals surface area contributed by atoms with E-state index in [9.17, 15) is 0 Å². The van der Waals surface area contributed by atoms with Crippen LogP contribution in [-0.4, -0.2) is 32.8 Å². The SMILES string of the molecule is Cc1cc(N2CCOCC2)c(C)cc1CCCN. The maximum Gasteiger partial charge on any atom is 0.0642 e. The molecule has 18 heavy (non-hydrogen) atoms. The second-order valence-electron chi connectivity index (χ2n) is 5.06. The summed E-state index contributed by atoms with van der Waals surface area (Å²) in [5.74, 6) is 0. The monoisotopic (exact) mass is 248 g/mol. The van der Waals surface area contributed by atoms with Gasteiger partial charge in [-0.2, -0.15) is 0 Å². The number of ether oxygens (including phenoxy) is 1. The molecule has 1 aliphatic heterocycles. The summed E-state index contributed by atoms with van der Waals surface area (Å²) in [7, 11) is 0. The molecular formula is C15H24N2O. The number of morpholine rings is 1. The standard InChI is InChI=1S/C15H24N2O/c1-12-11-15(17-6-8-18-9-7-17)13(2)10-14(12)4-3-5-16/h10-11H,3-9,16H2,1-2H3. The van der Waals surface area contributed by atoms with Crippen molar-refractivity contribution < 1.29 is 4.74 Å². The lowest BCUT2D eigenvalue weighted by atomic mass is 9.99. The Labute approximate surface area is 110 Å². The zero-order valence-electron chi connectivity index (χ0n) is 11.5. The normalized spacial score (nSPS) is 16.1. The quantitative estimate of drug-likeness (QED) is 0.886. The number of nitrogens with two attached hydrogens (primary N) is 1. The van der Waals surface area contributed by atoms with E-state index in [1.807, 2.05) is 0 Å². The van der Waals surface area contributed by atoms with Crippen molar-refractivity contribution in [3.8, 4) is 0 Å². The average molecular weight is 248 g/mol. The molecule has 0 bridgehead atoms. The third kappa shape index (κ3) is 3.03. The van der Waals surface area contributed by atoms with E-state index >= 15 is 0 Å². The van der Waals surface area contributed by atoms with Crippen LogP contribution in [-0.2, 0) is 11.2 Å². The lowest BCUT2D eigenvalue weighted by Crippen LogP contribution is -2.36. The van der Waals surface area contributed by atoms with E-state index in [2.05, 4.69) is 30.9 Å². The van der Waals surface area contributed by atoms with Gasteiger partial charge in [0.1, 0.15) is 0 Å². The van der Waals surface area contributed by atoms with Gasteiger partial charge in [0.15, 0.2) is 0 Å². The van der Waals surface area contributed by atoms with Crippen molar-refractivity contribution >= 4 is 5.69 Å².